The maximum atomic E-state index is 13.2. The van der Waals surface area contributed by atoms with Crippen molar-refractivity contribution >= 4 is 24.0 Å². The van der Waals surface area contributed by atoms with E-state index in [9.17, 15) is 9.59 Å². The van der Waals surface area contributed by atoms with Crippen LogP contribution in [0.3, 0.4) is 0 Å². The molecule has 2 saturated heterocycles. The van der Waals surface area contributed by atoms with Gasteiger partial charge in [-0.25, -0.2) is 0 Å². The summed E-state index contributed by atoms with van der Waals surface area (Å²) in [4.78, 5) is 30.7. The molecule has 1 N–H and O–H groups in total. The van der Waals surface area contributed by atoms with Crippen LogP contribution in [0.15, 0.2) is 24.3 Å². The number of Topliss-reactive ketones (excluding diaryl/α,β-unsaturated/α-hetero) is 2. The van der Waals surface area contributed by atoms with Gasteiger partial charge in [0.25, 0.3) is 0 Å². The van der Waals surface area contributed by atoms with Crippen molar-refractivity contribution in [2.45, 2.75) is 83.3 Å². The third-order valence-electron chi connectivity index (χ3n) is 8.73. The van der Waals surface area contributed by atoms with Gasteiger partial charge in [0.05, 0.1) is 5.41 Å². The molecule has 1 unspecified atom stereocenters. The van der Waals surface area contributed by atoms with Gasteiger partial charge in [-0.3, -0.25) is 19.4 Å². The van der Waals surface area contributed by atoms with E-state index >= 15 is 0 Å². The molecule has 4 rings (SSSR count). The van der Waals surface area contributed by atoms with Crippen LogP contribution >= 0.6 is 12.4 Å². The number of nitrogens with zero attached hydrogens (tertiary/aromatic N) is 2. The predicted octanol–water partition coefficient (Wildman–Crippen LogP) is 4.15. The van der Waals surface area contributed by atoms with Crippen LogP contribution in [-0.2, 0) is 16.1 Å². The van der Waals surface area contributed by atoms with Gasteiger partial charge in [0.2, 0.25) is 0 Å². The Morgan fingerprint density at radius 1 is 1.12 bits per heavy atom. The summed E-state index contributed by atoms with van der Waals surface area (Å²) in [6.07, 6.45) is 6.52. The van der Waals surface area contributed by atoms with Gasteiger partial charge >= 0.3 is 0 Å². The molecular formula is C27H42ClN3O2. The summed E-state index contributed by atoms with van der Waals surface area (Å²) in [7, 11) is 2.24. The zero-order chi connectivity index (χ0) is 22.8. The van der Waals surface area contributed by atoms with Crippen LogP contribution in [0.25, 0.3) is 0 Å². The number of likely N-dealkylation sites (tertiary alicyclic amines) is 1. The number of hydrogen-bond acceptors (Lipinski definition) is 5. The minimum atomic E-state index is -0.493. The largest absolute Gasteiger partial charge is 0.310 e. The summed E-state index contributed by atoms with van der Waals surface area (Å²) in [5, 5.41) is 3.82. The summed E-state index contributed by atoms with van der Waals surface area (Å²) < 4.78 is 0. The van der Waals surface area contributed by atoms with Crippen molar-refractivity contribution in [3.05, 3.63) is 35.4 Å². The normalized spacial score (nSPS) is 28.6. The lowest BCUT2D eigenvalue weighted by molar-refractivity contribution is -0.144. The molecule has 33 heavy (non-hydrogen) atoms. The van der Waals surface area contributed by atoms with Gasteiger partial charge in [-0.15, -0.1) is 12.4 Å². The van der Waals surface area contributed by atoms with Gasteiger partial charge in [-0.1, -0.05) is 44.0 Å². The molecule has 1 aromatic carbocycles. The molecule has 184 valence electrons. The fraction of sp³-hybridized carbons (Fsp3) is 0.704. The minimum absolute atomic E-state index is 0. The highest BCUT2D eigenvalue weighted by Crippen LogP contribution is 2.43. The number of hydrogen-bond donors (Lipinski definition) is 1. The number of ketones is 2. The number of nitrogens with one attached hydrogen (secondary N) is 1. The molecule has 0 aromatic heterocycles. The Morgan fingerprint density at radius 3 is 2.52 bits per heavy atom. The Morgan fingerprint density at radius 2 is 1.85 bits per heavy atom. The third kappa shape index (κ3) is 5.37. The lowest BCUT2D eigenvalue weighted by atomic mass is 9.63. The van der Waals surface area contributed by atoms with E-state index in [0.29, 0.717) is 25.0 Å². The number of aryl methyl sites for hydroxylation is 1. The zero-order valence-corrected chi connectivity index (χ0v) is 21.5. The van der Waals surface area contributed by atoms with E-state index in [-0.39, 0.29) is 29.8 Å². The van der Waals surface area contributed by atoms with E-state index < -0.39 is 5.41 Å². The highest BCUT2D eigenvalue weighted by molar-refractivity contribution is 5.97. The lowest BCUT2D eigenvalue weighted by Gasteiger charge is -2.55. The Hall–Kier alpha value is -1.27. The quantitative estimate of drug-likeness (QED) is 0.669. The topological polar surface area (TPSA) is 52.6 Å². The first-order chi connectivity index (χ1) is 15.4. The van der Waals surface area contributed by atoms with Gasteiger partial charge in [0, 0.05) is 63.6 Å². The molecule has 2 atom stereocenters. The smallest absolute Gasteiger partial charge is 0.141 e. The minimum Gasteiger partial charge on any atom is -0.310 e. The molecule has 1 aliphatic carbocycles. The van der Waals surface area contributed by atoms with Crippen LogP contribution in [0.5, 0.6) is 0 Å². The van der Waals surface area contributed by atoms with Crippen molar-refractivity contribution < 1.29 is 9.59 Å². The van der Waals surface area contributed by atoms with E-state index in [2.05, 4.69) is 60.3 Å². The number of carbonyl (C=O) groups is 2. The summed E-state index contributed by atoms with van der Waals surface area (Å²) in [5.74, 6) is 0.593. The van der Waals surface area contributed by atoms with Gasteiger partial charge in [0.1, 0.15) is 11.6 Å². The molecule has 5 nitrogen and oxygen atoms in total. The summed E-state index contributed by atoms with van der Waals surface area (Å²) >= 11 is 0. The van der Waals surface area contributed by atoms with Gasteiger partial charge < -0.3 is 5.32 Å². The average molecular weight is 476 g/mol. The SMILES string of the molecule is CCCCC1([C@H]2CN(C)C3(CCN(Cc4ccccc4C)CC3)CN2)CC(=O)CCC1=O.Cl. The Labute approximate surface area is 206 Å². The fourth-order valence-electron chi connectivity index (χ4n) is 6.32. The van der Waals surface area contributed by atoms with Crippen LogP contribution in [0, 0.1) is 12.3 Å². The number of piperazine rings is 1. The van der Waals surface area contributed by atoms with E-state index in [1.807, 2.05) is 0 Å². The molecule has 6 heteroatoms. The summed E-state index contributed by atoms with van der Waals surface area (Å²) in [6.45, 7) is 9.38. The average Bonchev–Trinajstić information content (AvgIpc) is 2.79. The number of rotatable bonds is 6. The van der Waals surface area contributed by atoms with Crippen molar-refractivity contribution in [3.63, 3.8) is 0 Å². The number of benzene rings is 1. The lowest BCUT2D eigenvalue weighted by Crippen LogP contribution is -2.70. The molecule has 1 spiro atoms. The van der Waals surface area contributed by atoms with Gasteiger partial charge in [-0.05, 0) is 44.4 Å². The van der Waals surface area contributed by atoms with E-state index in [1.165, 1.54) is 11.1 Å². The molecular weight excluding hydrogens is 434 g/mol. The van der Waals surface area contributed by atoms with Crippen LogP contribution in [0.4, 0.5) is 0 Å². The second-order valence-corrected chi connectivity index (χ2v) is 10.6. The van der Waals surface area contributed by atoms with E-state index in [1.54, 1.807) is 0 Å². The Kier molecular flexibility index (Phi) is 8.77. The van der Waals surface area contributed by atoms with Crippen molar-refractivity contribution in [1.82, 2.24) is 15.1 Å². The third-order valence-corrected chi connectivity index (χ3v) is 8.73. The molecule has 2 heterocycles. The van der Waals surface area contributed by atoms with Crippen LogP contribution in [0.2, 0.25) is 0 Å². The predicted molar refractivity (Wildman–Crippen MR) is 136 cm³/mol. The number of carbonyl (C=O) groups excluding carboxylic acids is 2. The molecule has 1 aromatic rings. The zero-order valence-electron chi connectivity index (χ0n) is 20.7. The molecule has 0 amide bonds. The van der Waals surface area contributed by atoms with Crippen LogP contribution < -0.4 is 5.32 Å². The van der Waals surface area contributed by atoms with Crippen LogP contribution in [-0.4, -0.2) is 66.2 Å². The highest BCUT2D eigenvalue weighted by atomic mass is 35.5. The molecule has 1 saturated carbocycles. The Balaban J connectivity index is 0.00000306. The maximum Gasteiger partial charge on any atom is 0.141 e. The first kappa shape index (κ1) is 26.3. The number of unbranched alkanes of at least 4 members (excludes halogenated alkanes) is 1. The molecule has 3 fully saturated rings. The molecule has 3 aliphatic rings. The summed E-state index contributed by atoms with van der Waals surface area (Å²) in [5.41, 5.74) is 2.47. The second kappa shape index (κ2) is 11.0. The van der Waals surface area contributed by atoms with Crippen molar-refractivity contribution in [2.75, 3.05) is 33.2 Å². The molecule has 0 radical (unpaired) electrons. The number of piperidine rings is 1. The molecule has 0 bridgehead atoms. The highest BCUT2D eigenvalue weighted by Gasteiger charge is 2.52. The maximum absolute atomic E-state index is 13.2. The molecule has 2 aliphatic heterocycles. The van der Waals surface area contributed by atoms with Crippen LogP contribution in [0.1, 0.15) is 69.4 Å². The number of likely N-dealkylation sites (N-methyl/N-ethyl adjacent to an activating group) is 1. The number of halogens is 1. The first-order valence-corrected chi connectivity index (χ1v) is 12.6. The van der Waals surface area contributed by atoms with E-state index in [0.717, 1.165) is 64.8 Å². The fourth-order valence-corrected chi connectivity index (χ4v) is 6.32. The monoisotopic (exact) mass is 475 g/mol. The summed E-state index contributed by atoms with van der Waals surface area (Å²) in [6, 6.07) is 8.79. The van der Waals surface area contributed by atoms with E-state index in [4.69, 9.17) is 0 Å². The van der Waals surface area contributed by atoms with Crippen molar-refractivity contribution in [1.29, 1.82) is 0 Å². The van der Waals surface area contributed by atoms with Crippen molar-refractivity contribution in [2.24, 2.45) is 5.41 Å². The Bertz CT molecular complexity index is 836. The second-order valence-electron chi connectivity index (χ2n) is 10.6. The standard InChI is InChI=1S/C27H41N3O2.ClH/c1-4-5-12-27(17-23(31)10-11-25(27)32)24-19-29(3)26(20-28-24)13-15-30(16-14-26)18-22-9-7-6-8-21(22)2;/h6-9,24,28H,4-5,10-20H2,1-3H3;1H/t24-,27?;/m1./s1. The van der Waals surface area contributed by atoms with Crippen molar-refractivity contribution in [3.8, 4) is 0 Å². The first-order valence-electron chi connectivity index (χ1n) is 12.6. The van der Waals surface area contributed by atoms with Gasteiger partial charge in [0.15, 0.2) is 0 Å². The van der Waals surface area contributed by atoms with Gasteiger partial charge in [-0.2, -0.15) is 0 Å².